The summed E-state index contributed by atoms with van der Waals surface area (Å²) >= 11 is 3.42. The van der Waals surface area contributed by atoms with Gasteiger partial charge in [-0.25, -0.2) is 0 Å². The zero-order chi connectivity index (χ0) is 10.6. The van der Waals surface area contributed by atoms with E-state index in [4.69, 9.17) is 10.8 Å². The Bertz CT molecular complexity index is 299. The number of aryl methyl sites for hydroxylation is 1. The maximum Gasteiger partial charge on any atom is 0.0608 e. The molecule has 0 radical (unpaired) electrons. The van der Waals surface area contributed by atoms with Crippen LogP contribution >= 0.6 is 15.9 Å². The molecule has 14 heavy (non-hydrogen) atoms. The van der Waals surface area contributed by atoms with E-state index in [0.717, 1.165) is 17.3 Å². The van der Waals surface area contributed by atoms with Crippen LogP contribution in [0, 0.1) is 0 Å². The van der Waals surface area contributed by atoms with Crippen LogP contribution < -0.4 is 5.73 Å². The van der Waals surface area contributed by atoms with Crippen molar-refractivity contribution >= 4 is 15.9 Å². The first-order valence-electron chi connectivity index (χ1n) is 4.68. The first kappa shape index (κ1) is 11.7. The molecule has 0 amide bonds. The van der Waals surface area contributed by atoms with Crippen molar-refractivity contribution in [1.82, 2.24) is 0 Å². The van der Waals surface area contributed by atoms with Crippen molar-refractivity contribution in [1.29, 1.82) is 0 Å². The average molecular weight is 258 g/mol. The van der Waals surface area contributed by atoms with Gasteiger partial charge in [-0.3, -0.25) is 0 Å². The van der Waals surface area contributed by atoms with E-state index in [1.165, 1.54) is 5.56 Å². The summed E-state index contributed by atoms with van der Waals surface area (Å²) < 4.78 is 1.08. The molecule has 0 saturated carbocycles. The zero-order valence-corrected chi connectivity index (χ0v) is 9.92. The minimum Gasteiger partial charge on any atom is -0.394 e. The number of hydrogen-bond acceptors (Lipinski definition) is 2. The SMILES string of the molecule is CC(N)(CO)CCc1cccc(Br)c1. The van der Waals surface area contributed by atoms with Gasteiger partial charge in [0.2, 0.25) is 0 Å². The minimum atomic E-state index is -0.470. The Morgan fingerprint density at radius 3 is 2.79 bits per heavy atom. The number of rotatable bonds is 4. The Morgan fingerprint density at radius 1 is 1.50 bits per heavy atom. The van der Waals surface area contributed by atoms with Gasteiger partial charge >= 0.3 is 0 Å². The molecule has 1 unspecified atom stereocenters. The Balaban J connectivity index is 2.54. The summed E-state index contributed by atoms with van der Waals surface area (Å²) in [6.07, 6.45) is 1.69. The fourth-order valence-electron chi connectivity index (χ4n) is 1.20. The monoisotopic (exact) mass is 257 g/mol. The second kappa shape index (κ2) is 4.91. The molecule has 0 saturated heterocycles. The van der Waals surface area contributed by atoms with Crippen molar-refractivity contribution in [2.24, 2.45) is 5.73 Å². The van der Waals surface area contributed by atoms with E-state index in [9.17, 15) is 0 Å². The summed E-state index contributed by atoms with van der Waals surface area (Å²) in [5.74, 6) is 0. The van der Waals surface area contributed by atoms with Crippen LogP contribution in [-0.2, 0) is 6.42 Å². The summed E-state index contributed by atoms with van der Waals surface area (Å²) in [6, 6.07) is 8.15. The molecule has 1 aromatic rings. The number of aliphatic hydroxyl groups is 1. The summed E-state index contributed by atoms with van der Waals surface area (Å²) in [5.41, 5.74) is 6.61. The van der Waals surface area contributed by atoms with E-state index in [1.54, 1.807) is 0 Å². The molecule has 0 aliphatic carbocycles. The van der Waals surface area contributed by atoms with Gasteiger partial charge in [0.05, 0.1) is 6.61 Å². The second-order valence-corrected chi connectivity index (χ2v) is 4.86. The molecule has 3 heteroatoms. The third kappa shape index (κ3) is 3.78. The number of hydrogen-bond donors (Lipinski definition) is 2. The first-order valence-corrected chi connectivity index (χ1v) is 5.47. The molecule has 3 N–H and O–H groups in total. The number of nitrogens with two attached hydrogens (primary N) is 1. The summed E-state index contributed by atoms with van der Waals surface area (Å²) in [7, 11) is 0. The van der Waals surface area contributed by atoms with Gasteiger partial charge in [0.15, 0.2) is 0 Å². The van der Waals surface area contributed by atoms with Gasteiger partial charge in [-0.2, -0.15) is 0 Å². The third-order valence-electron chi connectivity index (χ3n) is 2.24. The topological polar surface area (TPSA) is 46.2 Å². The zero-order valence-electron chi connectivity index (χ0n) is 8.33. The quantitative estimate of drug-likeness (QED) is 0.868. The summed E-state index contributed by atoms with van der Waals surface area (Å²) in [4.78, 5) is 0. The molecule has 0 bridgehead atoms. The van der Waals surface area contributed by atoms with Gasteiger partial charge in [0, 0.05) is 10.0 Å². The lowest BCUT2D eigenvalue weighted by Crippen LogP contribution is -2.40. The molecule has 2 nitrogen and oxygen atoms in total. The lowest BCUT2D eigenvalue weighted by atomic mass is 9.95. The van der Waals surface area contributed by atoms with Gasteiger partial charge in [-0.05, 0) is 37.5 Å². The van der Waals surface area contributed by atoms with Gasteiger partial charge < -0.3 is 10.8 Å². The molecule has 0 fully saturated rings. The van der Waals surface area contributed by atoms with Crippen LogP contribution in [0.5, 0.6) is 0 Å². The minimum absolute atomic E-state index is 0.0288. The van der Waals surface area contributed by atoms with Crippen molar-refractivity contribution in [3.05, 3.63) is 34.3 Å². The average Bonchev–Trinajstić information content (AvgIpc) is 2.15. The number of aliphatic hydroxyl groups excluding tert-OH is 1. The third-order valence-corrected chi connectivity index (χ3v) is 2.73. The van der Waals surface area contributed by atoms with E-state index in [0.29, 0.717) is 0 Å². The Labute approximate surface area is 93.3 Å². The van der Waals surface area contributed by atoms with Crippen LogP contribution in [0.4, 0.5) is 0 Å². The van der Waals surface area contributed by atoms with Crippen molar-refractivity contribution in [3.63, 3.8) is 0 Å². The van der Waals surface area contributed by atoms with E-state index >= 15 is 0 Å². The number of halogens is 1. The molecule has 1 aromatic carbocycles. The maximum absolute atomic E-state index is 8.99. The molecule has 1 atom stereocenters. The molecular weight excluding hydrogens is 242 g/mol. The van der Waals surface area contributed by atoms with Crippen molar-refractivity contribution in [2.45, 2.75) is 25.3 Å². The molecule has 0 aliphatic rings. The van der Waals surface area contributed by atoms with Gasteiger partial charge in [-0.1, -0.05) is 28.1 Å². The maximum atomic E-state index is 8.99. The van der Waals surface area contributed by atoms with Crippen LogP contribution in [0.25, 0.3) is 0 Å². The first-order chi connectivity index (χ1) is 6.53. The van der Waals surface area contributed by atoms with Crippen LogP contribution in [0.2, 0.25) is 0 Å². The van der Waals surface area contributed by atoms with Gasteiger partial charge in [0.1, 0.15) is 0 Å². The fourth-order valence-corrected chi connectivity index (χ4v) is 1.65. The van der Waals surface area contributed by atoms with Crippen molar-refractivity contribution in [3.8, 4) is 0 Å². The lowest BCUT2D eigenvalue weighted by Gasteiger charge is -2.21. The standard InChI is InChI=1S/C11H16BrNO/c1-11(13,8-14)6-5-9-3-2-4-10(12)7-9/h2-4,7,14H,5-6,8,13H2,1H3. The molecule has 1 rings (SSSR count). The Morgan fingerprint density at radius 2 is 2.21 bits per heavy atom. The molecule has 0 spiro atoms. The highest BCUT2D eigenvalue weighted by Crippen LogP contribution is 2.15. The molecule has 0 aliphatic heterocycles. The molecule has 0 heterocycles. The lowest BCUT2D eigenvalue weighted by molar-refractivity contribution is 0.200. The fraction of sp³-hybridized carbons (Fsp3) is 0.455. The highest BCUT2D eigenvalue weighted by molar-refractivity contribution is 9.10. The highest BCUT2D eigenvalue weighted by Gasteiger charge is 2.16. The van der Waals surface area contributed by atoms with Crippen LogP contribution in [0.1, 0.15) is 18.9 Å². The number of benzene rings is 1. The predicted octanol–water partition coefficient (Wildman–Crippen LogP) is 2.09. The van der Waals surface area contributed by atoms with Gasteiger partial charge in [-0.15, -0.1) is 0 Å². The predicted molar refractivity (Wildman–Crippen MR) is 62.1 cm³/mol. The normalized spacial score (nSPS) is 15.1. The largest absolute Gasteiger partial charge is 0.394 e. The van der Waals surface area contributed by atoms with E-state index in [1.807, 2.05) is 19.1 Å². The highest BCUT2D eigenvalue weighted by atomic mass is 79.9. The van der Waals surface area contributed by atoms with Crippen LogP contribution in [0.3, 0.4) is 0 Å². The van der Waals surface area contributed by atoms with Crippen LogP contribution in [0.15, 0.2) is 28.7 Å². The van der Waals surface area contributed by atoms with E-state index in [-0.39, 0.29) is 6.61 Å². The molecule has 78 valence electrons. The van der Waals surface area contributed by atoms with E-state index in [2.05, 4.69) is 28.1 Å². The Hall–Kier alpha value is -0.380. The van der Waals surface area contributed by atoms with E-state index < -0.39 is 5.54 Å². The van der Waals surface area contributed by atoms with Crippen molar-refractivity contribution in [2.75, 3.05) is 6.61 Å². The Kier molecular flexibility index (Phi) is 4.11. The second-order valence-electron chi connectivity index (χ2n) is 3.94. The molecule has 0 aromatic heterocycles. The smallest absolute Gasteiger partial charge is 0.0608 e. The summed E-state index contributed by atoms with van der Waals surface area (Å²) in [5, 5.41) is 8.99. The summed E-state index contributed by atoms with van der Waals surface area (Å²) in [6.45, 7) is 1.89. The van der Waals surface area contributed by atoms with Gasteiger partial charge in [0.25, 0.3) is 0 Å². The van der Waals surface area contributed by atoms with Crippen molar-refractivity contribution < 1.29 is 5.11 Å². The van der Waals surface area contributed by atoms with Crippen LogP contribution in [-0.4, -0.2) is 17.3 Å². The molecular formula is C11H16BrNO.